The predicted molar refractivity (Wildman–Crippen MR) is 70.1 cm³/mol. The van der Waals surface area contributed by atoms with Gasteiger partial charge in [-0.25, -0.2) is 4.39 Å². The van der Waals surface area contributed by atoms with Crippen LogP contribution in [0.15, 0.2) is 12.1 Å². The summed E-state index contributed by atoms with van der Waals surface area (Å²) in [6.45, 7) is 5.73. The Labute approximate surface area is 112 Å². The van der Waals surface area contributed by atoms with Crippen molar-refractivity contribution >= 4 is 23.2 Å². The molecule has 0 aliphatic carbocycles. The van der Waals surface area contributed by atoms with Gasteiger partial charge in [-0.1, -0.05) is 43.5 Å². The van der Waals surface area contributed by atoms with E-state index in [0.717, 1.165) is 6.42 Å². The molecule has 0 amide bonds. The first kappa shape index (κ1) is 14.7. The third kappa shape index (κ3) is 3.57. The first-order valence-corrected chi connectivity index (χ1v) is 6.41. The monoisotopic (exact) mass is 278 g/mol. The first-order chi connectivity index (χ1) is 7.77. The van der Waals surface area contributed by atoms with E-state index >= 15 is 0 Å². The molecule has 0 saturated carbocycles. The van der Waals surface area contributed by atoms with Crippen LogP contribution in [0.1, 0.15) is 39.2 Å². The van der Waals surface area contributed by atoms with E-state index in [1.54, 1.807) is 6.92 Å². The van der Waals surface area contributed by atoms with Gasteiger partial charge in [0.2, 0.25) is 0 Å². The third-order valence-corrected chi connectivity index (χ3v) is 3.64. The van der Waals surface area contributed by atoms with E-state index in [9.17, 15) is 9.50 Å². The van der Waals surface area contributed by atoms with Gasteiger partial charge in [0, 0.05) is 10.6 Å². The lowest BCUT2D eigenvalue weighted by molar-refractivity contribution is 0.0317. The summed E-state index contributed by atoms with van der Waals surface area (Å²) in [7, 11) is 0. The molecule has 0 heterocycles. The van der Waals surface area contributed by atoms with Gasteiger partial charge in [0.1, 0.15) is 5.82 Å². The Bertz CT molecular complexity index is 405. The molecule has 2 unspecified atom stereocenters. The number of aliphatic hydroxyl groups is 1. The summed E-state index contributed by atoms with van der Waals surface area (Å²) in [5, 5.41) is 10.7. The number of halogens is 3. The van der Waals surface area contributed by atoms with Crippen molar-refractivity contribution in [2.45, 2.75) is 39.2 Å². The molecule has 96 valence electrons. The average molecular weight is 279 g/mol. The minimum Gasteiger partial charge on any atom is -0.385 e. The zero-order valence-electron chi connectivity index (χ0n) is 10.2. The highest BCUT2D eigenvalue weighted by Gasteiger charge is 2.28. The smallest absolute Gasteiger partial charge is 0.142 e. The maximum atomic E-state index is 13.4. The molecule has 1 nitrogen and oxygen atoms in total. The van der Waals surface area contributed by atoms with E-state index in [2.05, 4.69) is 0 Å². The Morgan fingerprint density at radius 2 is 1.94 bits per heavy atom. The molecule has 0 aromatic heterocycles. The molecule has 0 radical (unpaired) electrons. The van der Waals surface area contributed by atoms with Crippen LogP contribution < -0.4 is 0 Å². The van der Waals surface area contributed by atoms with Crippen molar-refractivity contribution < 1.29 is 9.50 Å². The van der Waals surface area contributed by atoms with Gasteiger partial charge in [0.15, 0.2) is 0 Å². The van der Waals surface area contributed by atoms with Crippen LogP contribution >= 0.6 is 23.2 Å². The van der Waals surface area contributed by atoms with Crippen LogP contribution in [-0.2, 0) is 5.60 Å². The minimum absolute atomic E-state index is 0.0295. The Kier molecular flexibility index (Phi) is 4.82. The van der Waals surface area contributed by atoms with Crippen LogP contribution in [0.3, 0.4) is 0 Å². The van der Waals surface area contributed by atoms with Gasteiger partial charge in [-0.05, 0) is 31.4 Å². The topological polar surface area (TPSA) is 20.2 Å². The lowest BCUT2D eigenvalue weighted by Gasteiger charge is -2.28. The average Bonchev–Trinajstić information content (AvgIpc) is 2.22. The molecule has 1 N–H and O–H groups in total. The summed E-state index contributed by atoms with van der Waals surface area (Å²) in [5.41, 5.74) is -0.751. The van der Waals surface area contributed by atoms with Crippen LogP contribution in [0.4, 0.5) is 4.39 Å². The van der Waals surface area contributed by atoms with Gasteiger partial charge in [-0.15, -0.1) is 0 Å². The van der Waals surface area contributed by atoms with Crippen molar-refractivity contribution in [3.63, 3.8) is 0 Å². The van der Waals surface area contributed by atoms with E-state index in [1.165, 1.54) is 12.1 Å². The molecule has 0 aliphatic rings. The van der Waals surface area contributed by atoms with Gasteiger partial charge in [-0.3, -0.25) is 0 Å². The van der Waals surface area contributed by atoms with Crippen molar-refractivity contribution in [2.75, 3.05) is 0 Å². The molecule has 0 fully saturated rings. The summed E-state index contributed by atoms with van der Waals surface area (Å²) in [6.07, 6.45) is 1.48. The molecule has 0 saturated heterocycles. The second-order valence-electron chi connectivity index (χ2n) is 4.74. The van der Waals surface area contributed by atoms with Crippen LogP contribution in [0.25, 0.3) is 0 Å². The molecule has 0 spiro atoms. The fraction of sp³-hybridized carbons (Fsp3) is 0.538. The van der Waals surface area contributed by atoms with E-state index in [0.29, 0.717) is 22.9 Å². The highest BCUT2D eigenvalue weighted by Crippen LogP contribution is 2.36. The molecule has 0 bridgehead atoms. The quantitative estimate of drug-likeness (QED) is 0.787. The summed E-state index contributed by atoms with van der Waals surface area (Å²) in [4.78, 5) is 0. The highest BCUT2D eigenvalue weighted by atomic mass is 35.5. The van der Waals surface area contributed by atoms with Gasteiger partial charge in [0.05, 0.1) is 10.6 Å². The lowest BCUT2D eigenvalue weighted by atomic mass is 9.85. The number of hydrogen-bond donors (Lipinski definition) is 1. The van der Waals surface area contributed by atoms with Gasteiger partial charge >= 0.3 is 0 Å². The molecular formula is C13H17Cl2FO. The summed E-state index contributed by atoms with van der Waals surface area (Å²) >= 11 is 11.6. The number of benzene rings is 1. The molecule has 4 heteroatoms. The van der Waals surface area contributed by atoms with E-state index in [-0.39, 0.29) is 5.02 Å². The van der Waals surface area contributed by atoms with E-state index in [1.807, 2.05) is 13.8 Å². The van der Waals surface area contributed by atoms with Crippen LogP contribution in [0, 0.1) is 11.7 Å². The Balaban J connectivity index is 3.10. The Morgan fingerprint density at radius 1 is 1.35 bits per heavy atom. The van der Waals surface area contributed by atoms with Crippen LogP contribution in [0.2, 0.25) is 10.0 Å². The Morgan fingerprint density at radius 3 is 2.47 bits per heavy atom. The fourth-order valence-electron chi connectivity index (χ4n) is 1.87. The molecule has 1 aromatic rings. The molecule has 2 atom stereocenters. The maximum absolute atomic E-state index is 13.4. The van der Waals surface area contributed by atoms with Crippen molar-refractivity contribution in [2.24, 2.45) is 5.92 Å². The lowest BCUT2D eigenvalue weighted by Crippen LogP contribution is -2.24. The molecule has 1 aromatic carbocycles. The van der Waals surface area contributed by atoms with E-state index < -0.39 is 11.4 Å². The summed E-state index contributed by atoms with van der Waals surface area (Å²) in [5.74, 6) is -0.227. The largest absolute Gasteiger partial charge is 0.385 e. The SMILES string of the molecule is CCC(C)CC(C)(O)c1cc(F)c(Cl)cc1Cl. The predicted octanol–water partition coefficient (Wildman–Crippen LogP) is 4.78. The zero-order chi connectivity index (χ0) is 13.2. The zero-order valence-corrected chi connectivity index (χ0v) is 11.7. The second-order valence-corrected chi connectivity index (χ2v) is 5.55. The normalized spacial score (nSPS) is 16.6. The fourth-order valence-corrected chi connectivity index (χ4v) is 2.45. The van der Waals surface area contributed by atoms with Crippen molar-refractivity contribution in [1.82, 2.24) is 0 Å². The maximum Gasteiger partial charge on any atom is 0.142 e. The molecular weight excluding hydrogens is 262 g/mol. The molecule has 1 rings (SSSR count). The third-order valence-electron chi connectivity index (χ3n) is 3.03. The van der Waals surface area contributed by atoms with Gasteiger partial charge < -0.3 is 5.11 Å². The second kappa shape index (κ2) is 5.55. The number of hydrogen-bond acceptors (Lipinski definition) is 1. The van der Waals surface area contributed by atoms with Crippen molar-refractivity contribution in [1.29, 1.82) is 0 Å². The van der Waals surface area contributed by atoms with Crippen LogP contribution in [-0.4, -0.2) is 5.11 Å². The Hall–Kier alpha value is -0.310. The van der Waals surface area contributed by atoms with Crippen molar-refractivity contribution in [3.8, 4) is 0 Å². The standard InChI is InChI=1S/C13H17Cl2FO/c1-4-8(2)7-13(3,17)9-5-12(16)11(15)6-10(9)14/h5-6,8,17H,4,7H2,1-3H3. The molecule has 17 heavy (non-hydrogen) atoms. The molecule has 0 aliphatic heterocycles. The highest BCUT2D eigenvalue weighted by molar-refractivity contribution is 6.35. The number of rotatable bonds is 4. The van der Waals surface area contributed by atoms with Crippen molar-refractivity contribution in [3.05, 3.63) is 33.6 Å². The summed E-state index contributed by atoms with van der Waals surface area (Å²) < 4.78 is 13.4. The first-order valence-electron chi connectivity index (χ1n) is 5.65. The van der Waals surface area contributed by atoms with Crippen LogP contribution in [0.5, 0.6) is 0 Å². The van der Waals surface area contributed by atoms with Gasteiger partial charge in [0.25, 0.3) is 0 Å². The van der Waals surface area contributed by atoms with Gasteiger partial charge in [-0.2, -0.15) is 0 Å². The summed E-state index contributed by atoms with van der Waals surface area (Å²) in [6, 6.07) is 2.55. The van der Waals surface area contributed by atoms with E-state index in [4.69, 9.17) is 23.2 Å². The minimum atomic E-state index is -1.14.